The second-order valence-electron chi connectivity index (χ2n) is 6.06. The summed E-state index contributed by atoms with van der Waals surface area (Å²) < 4.78 is 0. The van der Waals surface area contributed by atoms with E-state index in [4.69, 9.17) is 0 Å². The second kappa shape index (κ2) is 5.44. The molecule has 2 bridgehead atoms. The van der Waals surface area contributed by atoms with E-state index in [0.717, 1.165) is 31.2 Å². The molecule has 2 heterocycles. The minimum atomic E-state index is -0.500. The van der Waals surface area contributed by atoms with E-state index < -0.39 is 4.92 Å². The fourth-order valence-corrected chi connectivity index (χ4v) is 3.43. The minimum absolute atomic E-state index is 0.108. The molecule has 112 valence electrons. The number of nitro benzene ring substituents is 1. The summed E-state index contributed by atoms with van der Waals surface area (Å²) in [4.78, 5) is 22.9. The van der Waals surface area contributed by atoms with Gasteiger partial charge in [0.25, 0.3) is 11.6 Å². The van der Waals surface area contributed by atoms with E-state index in [1.54, 1.807) is 12.1 Å². The summed E-state index contributed by atoms with van der Waals surface area (Å²) in [6.07, 6.45) is 4.12. The third kappa shape index (κ3) is 2.90. The average Bonchev–Trinajstić information content (AvgIpc) is 2.77. The topological polar surface area (TPSA) is 84.3 Å². The zero-order valence-electron chi connectivity index (χ0n) is 12.0. The zero-order valence-corrected chi connectivity index (χ0v) is 12.0. The summed E-state index contributed by atoms with van der Waals surface area (Å²) in [5, 5.41) is 17.5. The number of aryl methyl sites for hydroxylation is 1. The van der Waals surface area contributed by atoms with Crippen molar-refractivity contribution in [1.29, 1.82) is 0 Å². The van der Waals surface area contributed by atoms with Crippen LogP contribution < -0.4 is 10.6 Å². The van der Waals surface area contributed by atoms with Crippen molar-refractivity contribution in [3.05, 3.63) is 39.4 Å². The third-order valence-corrected chi connectivity index (χ3v) is 4.40. The van der Waals surface area contributed by atoms with Crippen LogP contribution in [0.5, 0.6) is 0 Å². The van der Waals surface area contributed by atoms with Gasteiger partial charge in [-0.1, -0.05) is 6.07 Å². The summed E-state index contributed by atoms with van der Waals surface area (Å²) in [6.45, 7) is 1.82. The Morgan fingerprint density at radius 2 is 2.00 bits per heavy atom. The summed E-state index contributed by atoms with van der Waals surface area (Å²) in [6, 6.07) is 5.69. The molecule has 1 aromatic rings. The van der Waals surface area contributed by atoms with Gasteiger partial charge in [0, 0.05) is 24.2 Å². The highest BCUT2D eigenvalue weighted by Crippen LogP contribution is 2.27. The van der Waals surface area contributed by atoms with Crippen molar-refractivity contribution in [2.45, 2.75) is 50.7 Å². The van der Waals surface area contributed by atoms with Crippen LogP contribution in [0.3, 0.4) is 0 Å². The highest BCUT2D eigenvalue weighted by atomic mass is 16.6. The van der Waals surface area contributed by atoms with Crippen LogP contribution in [0.2, 0.25) is 0 Å². The van der Waals surface area contributed by atoms with E-state index in [2.05, 4.69) is 10.6 Å². The molecule has 21 heavy (non-hydrogen) atoms. The van der Waals surface area contributed by atoms with Crippen LogP contribution in [0.1, 0.15) is 41.6 Å². The highest BCUT2D eigenvalue weighted by Gasteiger charge is 2.34. The average molecular weight is 289 g/mol. The van der Waals surface area contributed by atoms with E-state index in [1.807, 2.05) is 6.92 Å². The van der Waals surface area contributed by atoms with Gasteiger partial charge in [0.1, 0.15) is 5.56 Å². The predicted molar refractivity (Wildman–Crippen MR) is 78.3 cm³/mol. The van der Waals surface area contributed by atoms with E-state index in [1.165, 1.54) is 6.07 Å². The third-order valence-electron chi connectivity index (χ3n) is 4.40. The molecule has 2 aliphatic heterocycles. The van der Waals surface area contributed by atoms with E-state index in [0.29, 0.717) is 12.1 Å². The fourth-order valence-electron chi connectivity index (χ4n) is 3.43. The normalized spacial score (nSPS) is 27.4. The van der Waals surface area contributed by atoms with Gasteiger partial charge in [0.05, 0.1) is 4.92 Å². The molecular formula is C15H19N3O3. The number of benzene rings is 1. The lowest BCUT2D eigenvalue weighted by Crippen LogP contribution is -2.48. The van der Waals surface area contributed by atoms with Crippen molar-refractivity contribution < 1.29 is 9.72 Å². The molecule has 0 spiro atoms. The van der Waals surface area contributed by atoms with Crippen molar-refractivity contribution in [2.24, 2.45) is 0 Å². The number of fused-ring (bicyclic) bond motifs is 2. The van der Waals surface area contributed by atoms with E-state index in [-0.39, 0.29) is 23.2 Å². The Balaban J connectivity index is 1.76. The fraction of sp³-hybridized carbons (Fsp3) is 0.533. The maximum Gasteiger partial charge on any atom is 0.282 e. The first-order chi connectivity index (χ1) is 10.0. The molecule has 0 aromatic heterocycles. The molecule has 2 atom stereocenters. The Hall–Kier alpha value is -1.95. The van der Waals surface area contributed by atoms with Gasteiger partial charge in [-0.25, -0.2) is 0 Å². The molecule has 1 amide bonds. The van der Waals surface area contributed by atoms with Gasteiger partial charge in [0.2, 0.25) is 0 Å². The van der Waals surface area contributed by atoms with Crippen LogP contribution in [0.25, 0.3) is 0 Å². The van der Waals surface area contributed by atoms with Crippen LogP contribution >= 0.6 is 0 Å². The largest absolute Gasteiger partial charge is 0.349 e. The zero-order chi connectivity index (χ0) is 15.0. The van der Waals surface area contributed by atoms with Gasteiger partial charge in [-0.2, -0.15) is 0 Å². The molecule has 6 heteroatoms. The van der Waals surface area contributed by atoms with Crippen molar-refractivity contribution in [2.75, 3.05) is 0 Å². The monoisotopic (exact) mass is 289 g/mol. The SMILES string of the molecule is Cc1ccc([N+](=O)[O-])c(C(=O)NC2CC3CCC(C2)N3)c1. The summed E-state index contributed by atoms with van der Waals surface area (Å²) >= 11 is 0. The molecule has 2 unspecified atom stereocenters. The number of carbonyl (C=O) groups is 1. The number of carbonyl (C=O) groups excluding carboxylic acids is 1. The van der Waals surface area contributed by atoms with Gasteiger partial charge >= 0.3 is 0 Å². The van der Waals surface area contributed by atoms with Crippen LogP contribution in [-0.2, 0) is 0 Å². The highest BCUT2D eigenvalue weighted by molar-refractivity contribution is 5.98. The molecule has 2 aliphatic rings. The number of rotatable bonds is 3. The van der Waals surface area contributed by atoms with Crippen molar-refractivity contribution >= 4 is 11.6 Å². The first kappa shape index (κ1) is 14.0. The van der Waals surface area contributed by atoms with Crippen LogP contribution in [0.4, 0.5) is 5.69 Å². The number of hydrogen-bond donors (Lipinski definition) is 2. The summed E-state index contributed by atoms with van der Waals surface area (Å²) in [5.41, 5.74) is 0.872. The molecule has 6 nitrogen and oxygen atoms in total. The summed E-state index contributed by atoms with van der Waals surface area (Å²) in [7, 11) is 0. The number of piperidine rings is 1. The van der Waals surface area contributed by atoms with E-state index in [9.17, 15) is 14.9 Å². The Morgan fingerprint density at radius 1 is 1.33 bits per heavy atom. The Bertz CT molecular complexity index is 576. The number of nitro groups is 1. The smallest absolute Gasteiger partial charge is 0.282 e. The lowest BCUT2D eigenvalue weighted by molar-refractivity contribution is -0.385. The number of hydrogen-bond acceptors (Lipinski definition) is 4. The molecule has 3 rings (SSSR count). The van der Waals surface area contributed by atoms with E-state index >= 15 is 0 Å². The number of nitrogens with zero attached hydrogens (tertiary/aromatic N) is 1. The van der Waals surface area contributed by atoms with Crippen LogP contribution in [0.15, 0.2) is 18.2 Å². The van der Waals surface area contributed by atoms with Crippen molar-refractivity contribution in [1.82, 2.24) is 10.6 Å². The molecule has 0 saturated carbocycles. The maximum atomic E-state index is 12.4. The quantitative estimate of drug-likeness (QED) is 0.657. The maximum absolute atomic E-state index is 12.4. The van der Waals surface area contributed by atoms with Crippen LogP contribution in [-0.4, -0.2) is 29.0 Å². The standard InChI is InChI=1S/C15H19N3O3/c1-9-2-5-14(18(20)21)13(6-9)15(19)17-12-7-10-3-4-11(8-12)16-10/h2,5-6,10-12,16H,3-4,7-8H2,1H3,(H,17,19). The molecule has 0 radical (unpaired) electrons. The first-order valence-corrected chi connectivity index (χ1v) is 7.35. The second-order valence-corrected chi connectivity index (χ2v) is 6.06. The van der Waals surface area contributed by atoms with Crippen molar-refractivity contribution in [3.8, 4) is 0 Å². The molecule has 2 saturated heterocycles. The summed E-state index contributed by atoms with van der Waals surface area (Å²) in [5.74, 6) is -0.336. The first-order valence-electron chi connectivity index (χ1n) is 7.35. The molecular weight excluding hydrogens is 270 g/mol. The van der Waals surface area contributed by atoms with Crippen molar-refractivity contribution in [3.63, 3.8) is 0 Å². The lowest BCUT2D eigenvalue weighted by Gasteiger charge is -2.29. The Kier molecular flexibility index (Phi) is 3.63. The molecule has 2 N–H and O–H groups in total. The van der Waals surface area contributed by atoms with Gasteiger partial charge in [0.15, 0.2) is 0 Å². The Labute approximate surface area is 123 Å². The molecule has 1 aromatic carbocycles. The van der Waals surface area contributed by atoms with Crippen LogP contribution in [0, 0.1) is 17.0 Å². The number of amides is 1. The molecule has 2 fully saturated rings. The van der Waals surface area contributed by atoms with Gasteiger partial charge in [-0.3, -0.25) is 14.9 Å². The molecule has 0 aliphatic carbocycles. The lowest BCUT2D eigenvalue weighted by atomic mass is 9.99. The predicted octanol–water partition coefficient (Wildman–Crippen LogP) is 1.92. The van der Waals surface area contributed by atoms with Gasteiger partial charge in [-0.15, -0.1) is 0 Å². The van der Waals surface area contributed by atoms with Gasteiger partial charge < -0.3 is 10.6 Å². The number of nitrogens with one attached hydrogen (secondary N) is 2. The minimum Gasteiger partial charge on any atom is -0.349 e. The van der Waals surface area contributed by atoms with Gasteiger partial charge in [-0.05, 0) is 44.2 Å². The Morgan fingerprint density at radius 3 is 2.62 bits per heavy atom.